The monoisotopic (exact) mass is 358 g/mol. The van der Waals surface area contributed by atoms with Gasteiger partial charge in [-0.3, -0.25) is 4.72 Å². The minimum absolute atomic E-state index is 0.170. The summed E-state index contributed by atoms with van der Waals surface area (Å²) in [6.07, 6.45) is 2.38. The molecule has 0 aromatic heterocycles. The molecule has 1 atom stereocenters. The Morgan fingerprint density at radius 3 is 2.52 bits per heavy atom. The van der Waals surface area contributed by atoms with Crippen molar-refractivity contribution in [3.8, 4) is 5.75 Å². The summed E-state index contributed by atoms with van der Waals surface area (Å²) in [4.78, 5) is 0. The first kappa shape index (κ1) is 18.6. The Bertz CT molecular complexity index is 705. The van der Waals surface area contributed by atoms with E-state index in [0.717, 1.165) is 18.8 Å². The summed E-state index contributed by atoms with van der Waals surface area (Å²) in [7, 11) is 1.78. The van der Waals surface area contributed by atoms with Crippen molar-refractivity contribution in [2.45, 2.75) is 44.4 Å². The Morgan fingerprint density at radius 2 is 1.84 bits per heavy atom. The second-order valence-electron chi connectivity index (χ2n) is 7.80. The molecule has 136 valence electrons. The zero-order valence-electron chi connectivity index (χ0n) is 15.8. The summed E-state index contributed by atoms with van der Waals surface area (Å²) >= 11 is 1.83. The van der Waals surface area contributed by atoms with Crippen molar-refractivity contribution in [2.24, 2.45) is 5.92 Å². The fraction of sp³-hybridized carbons (Fsp3) is 0.524. The van der Waals surface area contributed by atoms with E-state index in [9.17, 15) is 0 Å². The highest BCUT2D eigenvalue weighted by atomic mass is 32.2. The lowest BCUT2D eigenvalue weighted by molar-refractivity contribution is 0.304. The van der Waals surface area contributed by atoms with Crippen LogP contribution in [0.3, 0.4) is 0 Å². The van der Waals surface area contributed by atoms with E-state index in [1.54, 1.807) is 7.11 Å². The molecular formula is C21H30N2OS. The van der Waals surface area contributed by atoms with Crippen molar-refractivity contribution in [1.29, 1.82) is 0 Å². The molecule has 1 aliphatic heterocycles. The molecule has 1 aliphatic rings. The van der Waals surface area contributed by atoms with Gasteiger partial charge in [0.25, 0.3) is 0 Å². The maximum absolute atomic E-state index is 5.79. The maximum atomic E-state index is 5.79. The van der Waals surface area contributed by atoms with Crippen LogP contribution in [0.5, 0.6) is 5.75 Å². The van der Waals surface area contributed by atoms with E-state index in [2.05, 4.69) is 67.2 Å². The number of fused-ring (bicyclic) bond motifs is 1. The van der Waals surface area contributed by atoms with Crippen LogP contribution < -0.4 is 14.8 Å². The van der Waals surface area contributed by atoms with Gasteiger partial charge < -0.3 is 10.1 Å². The molecule has 4 heteroatoms. The molecule has 1 saturated heterocycles. The molecule has 0 spiro atoms. The Hall–Kier alpha value is -1.23. The average Bonchev–Trinajstić information content (AvgIpc) is 2.62. The van der Waals surface area contributed by atoms with Gasteiger partial charge in [0.1, 0.15) is 5.75 Å². The van der Waals surface area contributed by atoms with Crippen LogP contribution in [0.2, 0.25) is 0 Å². The summed E-state index contributed by atoms with van der Waals surface area (Å²) < 4.78 is 9.78. The number of methoxy groups -OCH3 is 1. The molecule has 2 aromatic carbocycles. The molecule has 3 rings (SSSR count). The summed E-state index contributed by atoms with van der Waals surface area (Å²) in [5.74, 6) is 1.60. The second kappa shape index (κ2) is 7.98. The molecule has 0 amide bonds. The van der Waals surface area contributed by atoms with Gasteiger partial charge >= 0.3 is 0 Å². The first-order valence-corrected chi connectivity index (χ1v) is 10.0. The van der Waals surface area contributed by atoms with Crippen LogP contribution in [-0.2, 0) is 0 Å². The van der Waals surface area contributed by atoms with E-state index in [-0.39, 0.29) is 10.8 Å². The minimum Gasteiger partial charge on any atom is -0.496 e. The van der Waals surface area contributed by atoms with E-state index in [1.165, 1.54) is 29.2 Å². The zero-order valence-corrected chi connectivity index (χ0v) is 16.6. The Morgan fingerprint density at radius 1 is 1.12 bits per heavy atom. The van der Waals surface area contributed by atoms with Crippen molar-refractivity contribution >= 4 is 22.7 Å². The quantitative estimate of drug-likeness (QED) is 0.743. The van der Waals surface area contributed by atoms with Gasteiger partial charge in [-0.1, -0.05) is 42.3 Å². The molecule has 2 N–H and O–H groups in total. The standard InChI is InChI=1S/C21H30N2OS/c1-21(2,3)25-23-20(16-11-13-22-14-12-16)19-17-8-6-5-7-15(17)9-10-18(19)24-4/h5-10,16,20,22-23H,11-14H2,1-4H3. The molecule has 1 fully saturated rings. The fourth-order valence-corrected chi connectivity index (χ4v) is 4.37. The van der Waals surface area contributed by atoms with E-state index in [1.807, 2.05) is 11.9 Å². The number of nitrogens with one attached hydrogen (secondary N) is 2. The normalized spacial score (nSPS) is 17.6. The maximum Gasteiger partial charge on any atom is 0.124 e. The van der Waals surface area contributed by atoms with Crippen molar-refractivity contribution in [1.82, 2.24) is 10.0 Å². The lowest BCUT2D eigenvalue weighted by Crippen LogP contribution is -2.36. The van der Waals surface area contributed by atoms with E-state index in [4.69, 9.17) is 4.74 Å². The third kappa shape index (κ3) is 4.49. The largest absolute Gasteiger partial charge is 0.496 e. The molecule has 1 unspecified atom stereocenters. The lowest BCUT2D eigenvalue weighted by atomic mass is 9.84. The zero-order chi connectivity index (χ0) is 17.9. The topological polar surface area (TPSA) is 33.3 Å². The van der Waals surface area contributed by atoms with Crippen LogP contribution >= 0.6 is 11.9 Å². The summed E-state index contributed by atoms with van der Waals surface area (Å²) in [6, 6.07) is 13.2. The van der Waals surface area contributed by atoms with Gasteiger partial charge in [-0.2, -0.15) is 0 Å². The van der Waals surface area contributed by atoms with E-state index in [0.29, 0.717) is 5.92 Å². The molecular weight excluding hydrogens is 328 g/mol. The van der Waals surface area contributed by atoms with Crippen LogP contribution in [0.15, 0.2) is 36.4 Å². The van der Waals surface area contributed by atoms with E-state index >= 15 is 0 Å². The fourth-order valence-electron chi connectivity index (χ4n) is 3.58. The van der Waals surface area contributed by atoms with Gasteiger partial charge in [0.05, 0.1) is 7.11 Å². The third-order valence-electron chi connectivity index (χ3n) is 4.81. The van der Waals surface area contributed by atoms with Crippen LogP contribution in [0.25, 0.3) is 10.8 Å². The van der Waals surface area contributed by atoms with Gasteiger partial charge in [0.2, 0.25) is 0 Å². The van der Waals surface area contributed by atoms with Gasteiger partial charge in [-0.25, -0.2) is 0 Å². The highest BCUT2D eigenvalue weighted by molar-refractivity contribution is 7.98. The Labute approximate surface area is 156 Å². The van der Waals surface area contributed by atoms with Crippen molar-refractivity contribution in [3.63, 3.8) is 0 Å². The molecule has 0 saturated carbocycles. The number of piperidine rings is 1. The van der Waals surface area contributed by atoms with Gasteiger partial charge in [0, 0.05) is 16.4 Å². The van der Waals surface area contributed by atoms with E-state index < -0.39 is 0 Å². The van der Waals surface area contributed by atoms with Crippen molar-refractivity contribution in [3.05, 3.63) is 42.0 Å². The SMILES string of the molecule is COc1ccc2ccccc2c1C(NSC(C)(C)C)C1CCNCC1. The Kier molecular flexibility index (Phi) is 5.92. The number of benzene rings is 2. The van der Waals surface area contributed by atoms with Crippen LogP contribution in [0.4, 0.5) is 0 Å². The van der Waals surface area contributed by atoms with Gasteiger partial charge in [-0.15, -0.1) is 0 Å². The minimum atomic E-state index is 0.170. The molecule has 0 aliphatic carbocycles. The predicted molar refractivity (Wildman–Crippen MR) is 109 cm³/mol. The third-order valence-corrected chi connectivity index (χ3v) is 5.79. The van der Waals surface area contributed by atoms with Gasteiger partial charge in [-0.05, 0) is 69.5 Å². The number of ether oxygens (including phenoxy) is 1. The lowest BCUT2D eigenvalue weighted by Gasteiger charge is -2.34. The number of hydrogen-bond acceptors (Lipinski definition) is 4. The van der Waals surface area contributed by atoms with Gasteiger partial charge in [0.15, 0.2) is 0 Å². The Balaban J connectivity index is 2.06. The molecule has 3 nitrogen and oxygen atoms in total. The average molecular weight is 359 g/mol. The number of rotatable bonds is 5. The second-order valence-corrected chi connectivity index (χ2v) is 9.46. The molecule has 2 aromatic rings. The first-order valence-electron chi connectivity index (χ1n) is 9.19. The molecule has 0 bridgehead atoms. The van der Waals surface area contributed by atoms with Crippen molar-refractivity contribution in [2.75, 3.05) is 20.2 Å². The first-order chi connectivity index (χ1) is 12.0. The summed E-state index contributed by atoms with van der Waals surface area (Å²) in [6.45, 7) is 8.95. The highest BCUT2D eigenvalue weighted by Crippen LogP contribution is 2.41. The van der Waals surface area contributed by atoms with Crippen LogP contribution in [-0.4, -0.2) is 24.9 Å². The van der Waals surface area contributed by atoms with Crippen LogP contribution in [0.1, 0.15) is 45.2 Å². The van der Waals surface area contributed by atoms with Crippen LogP contribution in [0, 0.1) is 5.92 Å². The summed E-state index contributed by atoms with van der Waals surface area (Å²) in [5.41, 5.74) is 1.31. The smallest absolute Gasteiger partial charge is 0.124 e. The summed E-state index contributed by atoms with van der Waals surface area (Å²) in [5, 5.41) is 6.07. The molecule has 1 heterocycles. The molecule has 25 heavy (non-hydrogen) atoms. The predicted octanol–water partition coefficient (Wildman–Crippen LogP) is 4.93. The van der Waals surface area contributed by atoms with Crippen molar-refractivity contribution < 1.29 is 4.74 Å². The highest BCUT2D eigenvalue weighted by Gasteiger charge is 2.30. The number of hydrogen-bond donors (Lipinski definition) is 2. The molecule has 0 radical (unpaired) electrons.